The van der Waals surface area contributed by atoms with Crippen molar-refractivity contribution in [3.63, 3.8) is 0 Å². The minimum absolute atomic E-state index is 0.256. The predicted octanol–water partition coefficient (Wildman–Crippen LogP) is 3.35. The summed E-state index contributed by atoms with van der Waals surface area (Å²) >= 11 is 0. The molecule has 0 aliphatic rings. The van der Waals surface area contributed by atoms with Gasteiger partial charge in [0.15, 0.2) is 0 Å². The topological polar surface area (TPSA) is 63.6 Å². The largest absolute Gasteiger partial charge is 0.516 e. The molecule has 0 atom stereocenters. The van der Waals surface area contributed by atoms with Crippen molar-refractivity contribution < 1.29 is 19.1 Å². The van der Waals surface area contributed by atoms with Crippen LogP contribution in [0.15, 0.2) is 11.6 Å². The zero-order valence-corrected chi connectivity index (χ0v) is 12.8. The van der Waals surface area contributed by atoms with Gasteiger partial charge in [0.1, 0.15) is 0 Å². The Kier molecular flexibility index (Phi) is 7.58. The highest BCUT2D eigenvalue weighted by Crippen LogP contribution is 2.23. The van der Waals surface area contributed by atoms with Gasteiger partial charge in [0.25, 0.3) is 8.32 Å². The third kappa shape index (κ3) is 5.04. The summed E-state index contributed by atoms with van der Waals surface area (Å²) in [6.45, 7) is 7.98. The molecule has 0 spiro atoms. The fourth-order valence-electron chi connectivity index (χ4n) is 1.87. The molecular formula is C13H24O4Si. The zero-order valence-electron chi connectivity index (χ0n) is 11.8. The van der Waals surface area contributed by atoms with Crippen LogP contribution in [0.2, 0.25) is 18.1 Å². The number of rotatable bonds is 8. The Morgan fingerprint density at radius 1 is 1.11 bits per heavy atom. The van der Waals surface area contributed by atoms with E-state index in [4.69, 9.17) is 9.53 Å². The average Bonchev–Trinajstić information content (AvgIpc) is 2.35. The monoisotopic (exact) mass is 272 g/mol. The van der Waals surface area contributed by atoms with E-state index in [1.165, 1.54) is 0 Å². The molecule has 4 nitrogen and oxygen atoms in total. The number of carbonyl (C=O) groups excluding carboxylic acids is 1. The SMILES string of the molecule is CCC=C(CC(=O)O)C(=O)O[Si](CC)(CC)CC. The smallest absolute Gasteiger partial charge is 0.320 e. The molecule has 0 aliphatic heterocycles. The zero-order chi connectivity index (χ0) is 14.2. The quantitative estimate of drug-likeness (QED) is 0.543. The van der Waals surface area contributed by atoms with Gasteiger partial charge in [-0.2, -0.15) is 0 Å². The third-order valence-corrected chi connectivity index (χ3v) is 7.78. The summed E-state index contributed by atoms with van der Waals surface area (Å²) in [5.74, 6) is -1.43. The molecule has 1 N–H and O–H groups in total. The van der Waals surface area contributed by atoms with Gasteiger partial charge in [0.05, 0.1) is 6.42 Å². The molecule has 0 aromatic carbocycles. The molecule has 0 bridgehead atoms. The maximum absolute atomic E-state index is 12.0. The molecule has 0 rings (SSSR count). The lowest BCUT2D eigenvalue weighted by Crippen LogP contribution is -2.38. The molecule has 0 radical (unpaired) electrons. The Hall–Kier alpha value is -1.10. The number of hydrogen-bond donors (Lipinski definition) is 1. The van der Waals surface area contributed by atoms with Gasteiger partial charge in [-0.3, -0.25) is 4.79 Å². The molecule has 0 saturated carbocycles. The standard InChI is InChI=1S/C13H24O4Si/c1-5-9-11(10-12(14)15)13(16)17-18(6-2,7-3)8-4/h9H,5-8,10H2,1-4H3,(H,14,15). The van der Waals surface area contributed by atoms with Crippen LogP contribution in [0.3, 0.4) is 0 Å². The predicted molar refractivity (Wildman–Crippen MR) is 73.9 cm³/mol. The highest BCUT2D eigenvalue weighted by atomic mass is 28.4. The van der Waals surface area contributed by atoms with E-state index in [9.17, 15) is 9.59 Å². The first-order chi connectivity index (χ1) is 8.44. The van der Waals surface area contributed by atoms with Crippen LogP contribution in [-0.2, 0) is 14.0 Å². The second kappa shape index (κ2) is 8.08. The van der Waals surface area contributed by atoms with Gasteiger partial charge in [-0.05, 0) is 24.6 Å². The minimum Gasteiger partial charge on any atom is -0.516 e. The van der Waals surface area contributed by atoms with Gasteiger partial charge in [0.2, 0.25) is 0 Å². The Balaban J connectivity index is 4.89. The number of carbonyl (C=O) groups is 2. The van der Waals surface area contributed by atoms with Gasteiger partial charge in [-0.15, -0.1) is 0 Å². The number of aliphatic carboxylic acids is 1. The van der Waals surface area contributed by atoms with E-state index in [2.05, 4.69) is 0 Å². The Bertz CT molecular complexity index is 311. The Morgan fingerprint density at radius 3 is 1.94 bits per heavy atom. The summed E-state index contributed by atoms with van der Waals surface area (Å²) in [5, 5.41) is 8.79. The van der Waals surface area contributed by atoms with Crippen LogP contribution >= 0.6 is 0 Å². The fourth-order valence-corrected chi connectivity index (χ4v) is 4.32. The summed E-state index contributed by atoms with van der Waals surface area (Å²) in [7, 11) is -2.01. The number of allylic oxidation sites excluding steroid dienone is 1. The van der Waals surface area contributed by atoms with E-state index < -0.39 is 20.3 Å². The molecule has 104 valence electrons. The number of carboxylic acid groups (broad SMARTS) is 1. The van der Waals surface area contributed by atoms with Gasteiger partial charge in [-0.1, -0.05) is 33.8 Å². The van der Waals surface area contributed by atoms with Crippen molar-refractivity contribution in [1.29, 1.82) is 0 Å². The maximum Gasteiger partial charge on any atom is 0.320 e. The molecule has 5 heteroatoms. The second-order valence-electron chi connectivity index (χ2n) is 4.34. The fraction of sp³-hybridized carbons (Fsp3) is 0.692. The number of carboxylic acids is 1. The Morgan fingerprint density at radius 2 is 1.61 bits per heavy atom. The van der Waals surface area contributed by atoms with Crippen LogP contribution in [0.5, 0.6) is 0 Å². The normalized spacial score (nSPS) is 12.3. The van der Waals surface area contributed by atoms with Crippen molar-refractivity contribution in [3.05, 3.63) is 11.6 Å². The van der Waals surface area contributed by atoms with E-state index in [1.54, 1.807) is 6.08 Å². The molecule has 0 unspecified atom stereocenters. The molecule has 0 fully saturated rings. The first-order valence-electron chi connectivity index (χ1n) is 6.58. The molecule has 0 aromatic heterocycles. The maximum atomic E-state index is 12.0. The first-order valence-corrected chi connectivity index (χ1v) is 9.11. The summed E-state index contributed by atoms with van der Waals surface area (Å²) in [6.07, 6.45) is 2.03. The van der Waals surface area contributed by atoms with E-state index in [0.29, 0.717) is 6.42 Å². The summed E-state index contributed by atoms with van der Waals surface area (Å²) in [5.41, 5.74) is 0.275. The molecular weight excluding hydrogens is 248 g/mol. The van der Waals surface area contributed by atoms with Crippen LogP contribution in [0.4, 0.5) is 0 Å². The van der Waals surface area contributed by atoms with Crippen LogP contribution in [0.25, 0.3) is 0 Å². The average molecular weight is 272 g/mol. The van der Waals surface area contributed by atoms with E-state index in [-0.39, 0.29) is 12.0 Å². The lowest BCUT2D eigenvalue weighted by atomic mass is 10.1. The van der Waals surface area contributed by atoms with Crippen LogP contribution in [0, 0.1) is 0 Å². The van der Waals surface area contributed by atoms with Gasteiger partial charge >= 0.3 is 11.9 Å². The van der Waals surface area contributed by atoms with E-state index >= 15 is 0 Å². The van der Waals surface area contributed by atoms with Gasteiger partial charge in [-0.25, -0.2) is 4.79 Å². The van der Waals surface area contributed by atoms with Crippen LogP contribution in [-0.4, -0.2) is 25.4 Å². The van der Waals surface area contributed by atoms with Crippen molar-refractivity contribution in [2.24, 2.45) is 0 Å². The lowest BCUT2D eigenvalue weighted by Gasteiger charge is -2.28. The van der Waals surface area contributed by atoms with E-state index in [0.717, 1.165) is 18.1 Å². The van der Waals surface area contributed by atoms with Crippen molar-refractivity contribution >= 4 is 20.3 Å². The third-order valence-electron chi connectivity index (χ3n) is 3.30. The highest BCUT2D eigenvalue weighted by Gasteiger charge is 2.33. The molecule has 0 aromatic rings. The van der Waals surface area contributed by atoms with Crippen molar-refractivity contribution in [2.45, 2.75) is 58.7 Å². The Labute approximate surface area is 110 Å². The first kappa shape index (κ1) is 16.9. The van der Waals surface area contributed by atoms with Gasteiger partial charge in [0, 0.05) is 5.57 Å². The minimum atomic E-state index is -2.01. The molecule has 0 aliphatic carbocycles. The second-order valence-corrected chi connectivity index (χ2v) is 9.03. The van der Waals surface area contributed by atoms with Crippen molar-refractivity contribution in [2.75, 3.05) is 0 Å². The van der Waals surface area contributed by atoms with Gasteiger partial charge < -0.3 is 9.53 Å². The number of hydrogen-bond acceptors (Lipinski definition) is 3. The molecule has 18 heavy (non-hydrogen) atoms. The molecule has 0 saturated heterocycles. The van der Waals surface area contributed by atoms with Crippen LogP contribution in [0.1, 0.15) is 40.5 Å². The molecule has 0 amide bonds. The van der Waals surface area contributed by atoms with Crippen molar-refractivity contribution in [1.82, 2.24) is 0 Å². The highest BCUT2D eigenvalue weighted by molar-refractivity contribution is 6.75. The summed E-state index contributed by atoms with van der Waals surface area (Å²) < 4.78 is 5.67. The summed E-state index contributed by atoms with van der Waals surface area (Å²) in [6, 6.07) is 2.62. The van der Waals surface area contributed by atoms with Crippen LogP contribution < -0.4 is 0 Å². The lowest BCUT2D eigenvalue weighted by molar-refractivity contribution is -0.139. The van der Waals surface area contributed by atoms with E-state index in [1.807, 2.05) is 27.7 Å². The summed E-state index contributed by atoms with van der Waals surface area (Å²) in [4.78, 5) is 22.8. The van der Waals surface area contributed by atoms with Crippen molar-refractivity contribution in [3.8, 4) is 0 Å². The molecule has 0 heterocycles.